The summed E-state index contributed by atoms with van der Waals surface area (Å²) < 4.78 is 5.56. The highest BCUT2D eigenvalue weighted by molar-refractivity contribution is 6.33. The number of halogens is 1. The Hall–Kier alpha value is -3.10. The largest absolute Gasteiger partial charge is 0.441 e. The Morgan fingerprint density at radius 3 is 2.66 bits per heavy atom. The van der Waals surface area contributed by atoms with Crippen LogP contribution < -0.4 is 15.5 Å². The maximum Gasteiger partial charge on any atom is 0.407 e. The normalized spacial score (nSPS) is 23.8. The number of carbonyl (C=O) groups is 1. The van der Waals surface area contributed by atoms with E-state index in [1.165, 1.54) is 6.21 Å². The molecule has 3 fully saturated rings. The number of nitrogens with one attached hydrogen (secondary N) is 3. The lowest BCUT2D eigenvalue weighted by molar-refractivity contribution is 0.0367. The van der Waals surface area contributed by atoms with Crippen molar-refractivity contribution < 1.29 is 14.6 Å². The molecule has 4 N–H and O–H groups in total. The average Bonchev–Trinajstić information content (AvgIpc) is 3.45. The quantitative estimate of drug-likeness (QED) is 0.451. The summed E-state index contributed by atoms with van der Waals surface area (Å²) in [5.41, 5.74) is 4.09. The van der Waals surface area contributed by atoms with Crippen LogP contribution in [0.15, 0.2) is 42.9 Å². The molecule has 2 saturated heterocycles. The van der Waals surface area contributed by atoms with Crippen molar-refractivity contribution in [2.75, 3.05) is 24.5 Å². The lowest BCUT2D eigenvalue weighted by Gasteiger charge is -2.39. The summed E-state index contributed by atoms with van der Waals surface area (Å²) in [6.07, 6.45) is 10.2. The van der Waals surface area contributed by atoms with Gasteiger partial charge in [-0.25, -0.2) is 4.79 Å². The number of piperidine rings is 1. The first-order valence-corrected chi connectivity index (χ1v) is 12.5. The van der Waals surface area contributed by atoms with Gasteiger partial charge in [0.1, 0.15) is 5.60 Å². The number of aliphatic hydroxyl groups is 1. The average molecular weight is 496 g/mol. The summed E-state index contributed by atoms with van der Waals surface area (Å²) in [6, 6.07) is 8.04. The monoisotopic (exact) mass is 495 g/mol. The van der Waals surface area contributed by atoms with Crippen LogP contribution in [0.5, 0.6) is 0 Å². The lowest BCUT2D eigenvalue weighted by Crippen LogP contribution is -2.46. The van der Waals surface area contributed by atoms with Crippen LogP contribution in [0, 0.1) is 5.41 Å². The summed E-state index contributed by atoms with van der Waals surface area (Å²) in [7, 11) is 0. The molecule has 1 aromatic heterocycles. The van der Waals surface area contributed by atoms with E-state index in [0.29, 0.717) is 11.6 Å². The number of nitrogens with zero attached hydrogens (tertiary/aromatic N) is 2. The molecule has 9 heteroatoms. The number of anilines is 1. The van der Waals surface area contributed by atoms with Crippen molar-refractivity contribution in [1.82, 2.24) is 15.6 Å². The minimum atomic E-state index is -0.424. The molecule has 35 heavy (non-hydrogen) atoms. The van der Waals surface area contributed by atoms with Gasteiger partial charge >= 0.3 is 6.09 Å². The van der Waals surface area contributed by atoms with E-state index in [1.807, 2.05) is 36.7 Å². The predicted octanol–water partition coefficient (Wildman–Crippen LogP) is 3.97. The molecule has 1 spiro atoms. The van der Waals surface area contributed by atoms with Crippen LogP contribution in [0.4, 0.5) is 10.5 Å². The van der Waals surface area contributed by atoms with Crippen molar-refractivity contribution >= 4 is 35.2 Å². The van der Waals surface area contributed by atoms with Gasteiger partial charge in [-0.2, -0.15) is 0 Å². The van der Waals surface area contributed by atoms with Crippen LogP contribution in [-0.4, -0.2) is 59.8 Å². The molecular formula is C26H30ClN5O3. The Morgan fingerprint density at radius 1 is 1.26 bits per heavy atom. The van der Waals surface area contributed by atoms with Crippen LogP contribution in [0.1, 0.15) is 37.7 Å². The Morgan fingerprint density at radius 2 is 2.03 bits per heavy atom. The fourth-order valence-electron chi connectivity index (χ4n) is 5.26. The van der Waals surface area contributed by atoms with Gasteiger partial charge < -0.3 is 30.8 Å². The number of pyridine rings is 1. The van der Waals surface area contributed by atoms with E-state index in [-0.39, 0.29) is 18.2 Å². The number of hydrogen-bond acceptors (Lipinski definition) is 7. The van der Waals surface area contributed by atoms with E-state index in [4.69, 9.17) is 21.7 Å². The van der Waals surface area contributed by atoms with Crippen LogP contribution in [-0.2, 0) is 4.74 Å². The third-order valence-corrected chi connectivity index (χ3v) is 7.62. The Labute approximate surface area is 209 Å². The fraction of sp³-hybridized carbons (Fsp3) is 0.423. The minimum absolute atomic E-state index is 0.0385. The van der Waals surface area contributed by atoms with Crippen LogP contribution in [0.25, 0.3) is 16.7 Å². The van der Waals surface area contributed by atoms with Gasteiger partial charge in [0.25, 0.3) is 0 Å². The number of allylic oxidation sites excluding steroid dienone is 1. The molecule has 5 rings (SSSR count). The molecule has 184 valence electrons. The number of hydrogen-bond donors (Lipinski definition) is 4. The lowest BCUT2D eigenvalue weighted by atomic mass is 9.91. The maximum absolute atomic E-state index is 11.6. The summed E-state index contributed by atoms with van der Waals surface area (Å²) in [5, 5.41) is 24.5. The van der Waals surface area contributed by atoms with E-state index >= 15 is 0 Å². The molecule has 1 amide bonds. The number of aliphatic hydroxyl groups excluding tert-OH is 1. The van der Waals surface area contributed by atoms with Gasteiger partial charge in [0, 0.05) is 61.9 Å². The van der Waals surface area contributed by atoms with Crippen molar-refractivity contribution in [3.05, 3.63) is 53.4 Å². The van der Waals surface area contributed by atoms with Crippen molar-refractivity contribution in [2.24, 2.45) is 0 Å². The van der Waals surface area contributed by atoms with Crippen molar-refractivity contribution in [1.29, 1.82) is 5.41 Å². The molecule has 2 aromatic rings. The summed E-state index contributed by atoms with van der Waals surface area (Å²) in [4.78, 5) is 18.1. The second-order valence-corrected chi connectivity index (χ2v) is 9.93. The van der Waals surface area contributed by atoms with E-state index in [2.05, 4.69) is 20.5 Å². The van der Waals surface area contributed by atoms with Gasteiger partial charge in [-0.1, -0.05) is 35.9 Å². The summed E-state index contributed by atoms with van der Waals surface area (Å²) in [5.74, 6) is 0. The highest BCUT2D eigenvalue weighted by Crippen LogP contribution is 2.40. The van der Waals surface area contributed by atoms with Crippen molar-refractivity contribution in [3.8, 4) is 11.1 Å². The smallest absolute Gasteiger partial charge is 0.407 e. The van der Waals surface area contributed by atoms with Gasteiger partial charge in [-0.3, -0.25) is 4.98 Å². The van der Waals surface area contributed by atoms with Crippen molar-refractivity contribution in [2.45, 2.75) is 49.9 Å². The standard InChI is InChI=1S/C26H30ClN5O3/c27-21-15-29-14-20(24(21)32-10-8-26(9-11-32)16-31-25(34)35-26)18-6-4-17(5-7-18)19(12-28)13-30-22-2-1-3-23(22)33/h4-7,12-15,22-23,28,30,33H,1-3,8-11,16H2,(H,31,34)/b19-13+,28-12?/t22-,23-/m0/s1. The molecular weight excluding hydrogens is 466 g/mol. The van der Waals surface area contributed by atoms with Gasteiger partial charge in [0.05, 0.1) is 29.4 Å². The molecule has 0 bridgehead atoms. The zero-order valence-corrected chi connectivity index (χ0v) is 20.2. The number of benzene rings is 1. The molecule has 0 radical (unpaired) electrons. The number of alkyl carbamates (subject to hydrolysis) is 1. The molecule has 1 aliphatic carbocycles. The third-order valence-electron chi connectivity index (χ3n) is 7.34. The molecule has 2 aliphatic heterocycles. The Balaban J connectivity index is 1.35. The zero-order chi connectivity index (χ0) is 24.4. The molecule has 1 saturated carbocycles. The Kier molecular flexibility index (Phi) is 6.67. The SMILES string of the molecule is N=C/C(=C\N[C@H]1CCC[C@@H]1O)c1ccc(-c2cncc(Cl)c2N2CCC3(CC2)CNC(=O)O3)cc1. The fourth-order valence-corrected chi connectivity index (χ4v) is 5.54. The van der Waals surface area contributed by atoms with E-state index < -0.39 is 5.60 Å². The first-order valence-electron chi connectivity index (χ1n) is 12.1. The molecule has 3 aliphatic rings. The second kappa shape index (κ2) is 9.87. The molecule has 3 heterocycles. The molecule has 0 unspecified atom stereocenters. The highest BCUT2D eigenvalue weighted by Gasteiger charge is 2.43. The minimum Gasteiger partial charge on any atom is -0.441 e. The van der Waals surface area contributed by atoms with E-state index in [1.54, 1.807) is 6.20 Å². The second-order valence-electron chi connectivity index (χ2n) is 9.52. The highest BCUT2D eigenvalue weighted by atomic mass is 35.5. The van der Waals surface area contributed by atoms with Crippen LogP contribution >= 0.6 is 11.6 Å². The van der Waals surface area contributed by atoms with Crippen LogP contribution in [0.2, 0.25) is 5.02 Å². The van der Waals surface area contributed by atoms with E-state index in [9.17, 15) is 9.90 Å². The number of ether oxygens (including phenoxy) is 1. The van der Waals surface area contributed by atoms with Gasteiger partial charge in [-0.05, 0) is 30.4 Å². The van der Waals surface area contributed by atoms with Gasteiger partial charge in [0.15, 0.2) is 0 Å². The first kappa shape index (κ1) is 23.6. The first-order chi connectivity index (χ1) is 17.0. The number of aromatic nitrogens is 1. The maximum atomic E-state index is 11.6. The predicted molar refractivity (Wildman–Crippen MR) is 137 cm³/mol. The zero-order valence-electron chi connectivity index (χ0n) is 19.5. The van der Waals surface area contributed by atoms with Gasteiger partial charge in [0.2, 0.25) is 0 Å². The number of carbonyl (C=O) groups excluding carboxylic acids is 1. The summed E-state index contributed by atoms with van der Waals surface area (Å²) >= 11 is 6.64. The Bertz CT molecular complexity index is 1130. The molecule has 8 nitrogen and oxygen atoms in total. The number of rotatable bonds is 6. The van der Waals surface area contributed by atoms with Gasteiger partial charge in [-0.15, -0.1) is 0 Å². The summed E-state index contributed by atoms with van der Waals surface area (Å²) in [6.45, 7) is 2.00. The van der Waals surface area contributed by atoms with Crippen LogP contribution in [0.3, 0.4) is 0 Å². The molecule has 1 aromatic carbocycles. The molecule has 2 atom stereocenters. The number of amides is 1. The van der Waals surface area contributed by atoms with E-state index in [0.717, 1.165) is 73.1 Å². The van der Waals surface area contributed by atoms with Crippen molar-refractivity contribution in [3.63, 3.8) is 0 Å². The topological polar surface area (TPSA) is 111 Å². The third kappa shape index (κ3) is 4.86.